The Balaban J connectivity index is 1.74. The molecule has 21 heavy (non-hydrogen) atoms. The van der Waals surface area contributed by atoms with Crippen molar-refractivity contribution in [3.8, 4) is 0 Å². The van der Waals surface area contributed by atoms with Gasteiger partial charge in [-0.1, -0.05) is 0 Å². The Morgan fingerprint density at radius 2 is 2.00 bits per heavy atom. The van der Waals surface area contributed by atoms with Crippen LogP contribution in [-0.4, -0.2) is 43.6 Å². The molecule has 0 saturated carbocycles. The van der Waals surface area contributed by atoms with Crippen LogP contribution in [0, 0.1) is 13.8 Å². The van der Waals surface area contributed by atoms with E-state index < -0.39 is 0 Å². The van der Waals surface area contributed by atoms with E-state index in [0.717, 1.165) is 30.2 Å². The third-order valence-corrected chi connectivity index (χ3v) is 3.77. The lowest BCUT2D eigenvalue weighted by Crippen LogP contribution is -2.29. The number of carbonyl (C=O) groups is 1. The van der Waals surface area contributed by atoms with Crippen LogP contribution >= 0.6 is 0 Å². The zero-order chi connectivity index (χ0) is 15.0. The molecule has 0 spiro atoms. The summed E-state index contributed by atoms with van der Waals surface area (Å²) in [5.41, 5.74) is 2.46. The standard InChI is InChI=1S/C15H19N5O/c1-10-8-11(2)17-14(16-10)12-4-7-20(9-12)15(21)13-5-6-19(3)18-13/h5-6,8,12H,4,7,9H2,1-3H3/t12-/m1/s1. The maximum absolute atomic E-state index is 12.4. The van der Waals surface area contributed by atoms with Gasteiger partial charge >= 0.3 is 0 Å². The van der Waals surface area contributed by atoms with E-state index in [0.29, 0.717) is 12.2 Å². The highest BCUT2D eigenvalue weighted by Gasteiger charge is 2.30. The fourth-order valence-electron chi connectivity index (χ4n) is 2.78. The molecule has 0 aromatic carbocycles. The molecule has 6 heteroatoms. The van der Waals surface area contributed by atoms with Gasteiger partial charge in [0.2, 0.25) is 0 Å². The summed E-state index contributed by atoms with van der Waals surface area (Å²) < 4.78 is 1.65. The van der Waals surface area contributed by atoms with Crippen LogP contribution in [0.15, 0.2) is 18.3 Å². The van der Waals surface area contributed by atoms with E-state index in [9.17, 15) is 4.79 Å². The van der Waals surface area contributed by atoms with Crippen molar-refractivity contribution in [3.63, 3.8) is 0 Å². The molecule has 0 bridgehead atoms. The molecule has 1 fully saturated rings. The zero-order valence-electron chi connectivity index (χ0n) is 12.6. The Hall–Kier alpha value is -2.24. The first kappa shape index (κ1) is 13.7. The van der Waals surface area contributed by atoms with Crippen molar-refractivity contribution < 1.29 is 4.79 Å². The third-order valence-electron chi connectivity index (χ3n) is 3.77. The van der Waals surface area contributed by atoms with Crippen molar-refractivity contribution in [3.05, 3.63) is 41.2 Å². The van der Waals surface area contributed by atoms with Gasteiger partial charge in [-0.05, 0) is 32.4 Å². The van der Waals surface area contributed by atoms with Crippen LogP contribution in [0.2, 0.25) is 0 Å². The molecule has 0 aliphatic carbocycles. The summed E-state index contributed by atoms with van der Waals surface area (Å²) in [5, 5.41) is 4.18. The molecule has 110 valence electrons. The van der Waals surface area contributed by atoms with E-state index in [2.05, 4.69) is 15.1 Å². The van der Waals surface area contributed by atoms with Gasteiger partial charge in [-0.3, -0.25) is 9.48 Å². The quantitative estimate of drug-likeness (QED) is 0.838. The van der Waals surface area contributed by atoms with Gasteiger partial charge in [-0.25, -0.2) is 9.97 Å². The molecule has 2 aromatic heterocycles. The van der Waals surface area contributed by atoms with E-state index in [4.69, 9.17) is 0 Å². The molecule has 3 rings (SSSR count). The molecule has 0 radical (unpaired) electrons. The van der Waals surface area contributed by atoms with Crippen molar-refractivity contribution in [2.24, 2.45) is 7.05 Å². The van der Waals surface area contributed by atoms with Gasteiger partial charge in [0.15, 0.2) is 0 Å². The van der Waals surface area contributed by atoms with E-state index in [1.54, 1.807) is 16.9 Å². The number of hydrogen-bond donors (Lipinski definition) is 0. The van der Waals surface area contributed by atoms with Crippen molar-refractivity contribution in [1.82, 2.24) is 24.6 Å². The van der Waals surface area contributed by atoms with Gasteiger partial charge in [-0.2, -0.15) is 5.10 Å². The van der Waals surface area contributed by atoms with E-state index in [1.165, 1.54) is 0 Å². The molecule has 1 aliphatic rings. The molecule has 1 atom stereocenters. The second-order valence-electron chi connectivity index (χ2n) is 5.62. The predicted octanol–water partition coefficient (Wildman–Crippen LogP) is 1.46. The number of likely N-dealkylation sites (tertiary alicyclic amines) is 1. The lowest BCUT2D eigenvalue weighted by Gasteiger charge is -2.15. The third kappa shape index (κ3) is 2.79. The van der Waals surface area contributed by atoms with Crippen molar-refractivity contribution >= 4 is 5.91 Å². The maximum Gasteiger partial charge on any atom is 0.274 e. The molecule has 1 amide bonds. The topological polar surface area (TPSA) is 63.9 Å². The summed E-state index contributed by atoms with van der Waals surface area (Å²) in [7, 11) is 1.81. The lowest BCUT2D eigenvalue weighted by atomic mass is 10.1. The summed E-state index contributed by atoms with van der Waals surface area (Å²) in [6.45, 7) is 5.35. The van der Waals surface area contributed by atoms with Crippen LogP contribution in [-0.2, 0) is 7.05 Å². The molecule has 1 saturated heterocycles. The minimum absolute atomic E-state index is 0.0116. The highest BCUT2D eigenvalue weighted by molar-refractivity contribution is 5.92. The molecule has 6 nitrogen and oxygen atoms in total. The second-order valence-corrected chi connectivity index (χ2v) is 5.62. The number of amides is 1. The summed E-state index contributed by atoms with van der Waals surface area (Å²) in [4.78, 5) is 23.3. The Labute approximate surface area is 123 Å². The monoisotopic (exact) mass is 285 g/mol. The number of carbonyl (C=O) groups excluding carboxylic acids is 1. The van der Waals surface area contributed by atoms with Crippen LogP contribution in [0.3, 0.4) is 0 Å². The number of aromatic nitrogens is 4. The molecule has 3 heterocycles. The first-order chi connectivity index (χ1) is 10.0. The minimum atomic E-state index is -0.0116. The van der Waals surface area contributed by atoms with Crippen LogP contribution < -0.4 is 0 Å². The zero-order valence-corrected chi connectivity index (χ0v) is 12.6. The van der Waals surface area contributed by atoms with Crippen LogP contribution in [0.5, 0.6) is 0 Å². The Morgan fingerprint density at radius 1 is 1.29 bits per heavy atom. The summed E-state index contributed by atoms with van der Waals surface area (Å²) in [6.07, 6.45) is 2.69. The molecule has 2 aromatic rings. The number of rotatable bonds is 2. The van der Waals surface area contributed by atoms with Gasteiger partial charge in [0.1, 0.15) is 11.5 Å². The van der Waals surface area contributed by atoms with Crippen LogP contribution in [0.4, 0.5) is 0 Å². The fraction of sp³-hybridized carbons (Fsp3) is 0.467. The normalized spacial score (nSPS) is 18.2. The highest BCUT2D eigenvalue weighted by atomic mass is 16.2. The predicted molar refractivity (Wildman–Crippen MR) is 78.0 cm³/mol. The van der Waals surface area contributed by atoms with Gasteiger partial charge in [-0.15, -0.1) is 0 Å². The largest absolute Gasteiger partial charge is 0.336 e. The van der Waals surface area contributed by atoms with Crippen molar-refractivity contribution in [1.29, 1.82) is 0 Å². The lowest BCUT2D eigenvalue weighted by molar-refractivity contribution is 0.0784. The fourth-order valence-corrected chi connectivity index (χ4v) is 2.78. The molecular formula is C15H19N5O. The first-order valence-electron chi connectivity index (χ1n) is 7.14. The molecule has 0 N–H and O–H groups in total. The first-order valence-corrected chi connectivity index (χ1v) is 7.14. The Kier molecular flexibility index (Phi) is 3.45. The number of aryl methyl sites for hydroxylation is 3. The molecular weight excluding hydrogens is 266 g/mol. The van der Waals surface area contributed by atoms with E-state index >= 15 is 0 Å². The average molecular weight is 285 g/mol. The van der Waals surface area contributed by atoms with Crippen molar-refractivity contribution in [2.45, 2.75) is 26.2 Å². The maximum atomic E-state index is 12.4. The SMILES string of the molecule is Cc1cc(C)nc([C@@H]2CCN(C(=O)c3ccn(C)n3)C2)n1. The van der Waals surface area contributed by atoms with E-state index in [1.807, 2.05) is 31.9 Å². The summed E-state index contributed by atoms with van der Waals surface area (Å²) >= 11 is 0. The summed E-state index contributed by atoms with van der Waals surface area (Å²) in [6, 6.07) is 3.72. The Morgan fingerprint density at radius 3 is 2.62 bits per heavy atom. The smallest absolute Gasteiger partial charge is 0.274 e. The van der Waals surface area contributed by atoms with Gasteiger partial charge < -0.3 is 4.90 Å². The highest BCUT2D eigenvalue weighted by Crippen LogP contribution is 2.26. The van der Waals surface area contributed by atoms with Gasteiger partial charge in [0.05, 0.1) is 0 Å². The molecule has 0 unspecified atom stereocenters. The minimum Gasteiger partial charge on any atom is -0.336 e. The van der Waals surface area contributed by atoms with Gasteiger partial charge in [0, 0.05) is 43.6 Å². The van der Waals surface area contributed by atoms with Crippen molar-refractivity contribution in [2.75, 3.05) is 13.1 Å². The number of hydrogen-bond acceptors (Lipinski definition) is 4. The van der Waals surface area contributed by atoms with Gasteiger partial charge in [0.25, 0.3) is 5.91 Å². The van der Waals surface area contributed by atoms with Crippen LogP contribution in [0.1, 0.15) is 40.0 Å². The second kappa shape index (κ2) is 5.27. The average Bonchev–Trinajstić information content (AvgIpc) is 3.05. The van der Waals surface area contributed by atoms with E-state index in [-0.39, 0.29) is 11.8 Å². The Bertz CT molecular complexity index is 658. The summed E-state index contributed by atoms with van der Waals surface area (Å²) in [5.74, 6) is 1.06. The van der Waals surface area contributed by atoms with Crippen LogP contribution in [0.25, 0.3) is 0 Å². The molecule has 1 aliphatic heterocycles. The number of nitrogens with zero attached hydrogens (tertiary/aromatic N) is 5.